The van der Waals surface area contributed by atoms with E-state index in [1.54, 1.807) is 16.0 Å². The Balaban J connectivity index is 1.72. The van der Waals surface area contributed by atoms with Gasteiger partial charge in [0.25, 0.3) is 0 Å². The summed E-state index contributed by atoms with van der Waals surface area (Å²) in [5.41, 5.74) is 0.732. The maximum absolute atomic E-state index is 12.4. The van der Waals surface area contributed by atoms with Crippen molar-refractivity contribution in [3.8, 4) is 23.6 Å². The number of rotatable bonds is 6. The van der Waals surface area contributed by atoms with E-state index in [-0.39, 0.29) is 18.6 Å². The zero-order valence-electron chi connectivity index (χ0n) is 19.2. The molecule has 0 saturated carbocycles. The summed E-state index contributed by atoms with van der Waals surface area (Å²) in [6.07, 6.45) is 2.01. The first-order chi connectivity index (χ1) is 15.8. The molecule has 2 aromatic rings. The van der Waals surface area contributed by atoms with Crippen LogP contribution in [0.15, 0.2) is 66.4 Å². The van der Waals surface area contributed by atoms with Crippen LogP contribution in [0.3, 0.4) is 0 Å². The van der Waals surface area contributed by atoms with E-state index >= 15 is 0 Å². The van der Waals surface area contributed by atoms with E-state index in [9.17, 15) is 15.3 Å². The average molecular weight is 445 g/mol. The first-order valence-electron chi connectivity index (χ1n) is 10.9. The second-order valence-electron chi connectivity index (χ2n) is 8.80. The minimum atomic E-state index is -0.566. The third-order valence-corrected chi connectivity index (χ3v) is 5.09. The van der Waals surface area contributed by atoms with Crippen molar-refractivity contribution < 1.29 is 14.3 Å². The van der Waals surface area contributed by atoms with E-state index in [2.05, 4.69) is 12.1 Å². The zero-order valence-corrected chi connectivity index (χ0v) is 19.2. The van der Waals surface area contributed by atoms with E-state index in [0.717, 1.165) is 11.4 Å². The number of nitriles is 2. The van der Waals surface area contributed by atoms with Crippen molar-refractivity contribution in [2.24, 2.45) is 5.92 Å². The molecule has 1 fully saturated rings. The fourth-order valence-electron chi connectivity index (χ4n) is 3.52. The molecule has 0 radical (unpaired) electrons. The fourth-order valence-corrected chi connectivity index (χ4v) is 3.52. The van der Waals surface area contributed by atoms with Crippen molar-refractivity contribution in [1.29, 1.82) is 10.5 Å². The lowest BCUT2D eigenvalue weighted by atomic mass is 10.00. The van der Waals surface area contributed by atoms with Gasteiger partial charge in [-0.2, -0.15) is 10.5 Å². The van der Waals surface area contributed by atoms with Gasteiger partial charge in [0.05, 0.1) is 17.7 Å². The van der Waals surface area contributed by atoms with E-state index < -0.39 is 5.60 Å². The number of carbonyl (C=O) groups is 1. The predicted octanol–water partition coefficient (Wildman–Crippen LogP) is 5.47. The van der Waals surface area contributed by atoms with Crippen molar-refractivity contribution in [1.82, 2.24) is 4.90 Å². The molecule has 0 aromatic heterocycles. The summed E-state index contributed by atoms with van der Waals surface area (Å²) < 4.78 is 11.3. The van der Waals surface area contributed by atoms with Crippen LogP contribution >= 0.6 is 0 Å². The third-order valence-electron chi connectivity index (χ3n) is 5.09. The van der Waals surface area contributed by atoms with Gasteiger partial charge in [-0.25, -0.2) is 4.79 Å². The van der Waals surface area contributed by atoms with E-state index in [1.165, 1.54) is 0 Å². The number of anilines is 1. The molecule has 0 unspecified atom stereocenters. The molecule has 2 aromatic carbocycles. The van der Waals surface area contributed by atoms with Gasteiger partial charge in [0, 0.05) is 30.9 Å². The molecule has 0 spiro atoms. The molecule has 1 atom stereocenters. The van der Waals surface area contributed by atoms with Gasteiger partial charge in [0.1, 0.15) is 23.6 Å². The van der Waals surface area contributed by atoms with Crippen LogP contribution in [0, 0.1) is 28.6 Å². The number of ether oxygens (including phenoxy) is 2. The SMILES string of the molecule is CC(C)(C)OC(=O)N1CC[C@@H](/C(C#N)=C/N(CC#N)c2ccc(Oc3ccccc3)cc2)C1. The maximum atomic E-state index is 12.4. The summed E-state index contributed by atoms with van der Waals surface area (Å²) in [5.74, 6) is 1.31. The molecule has 1 saturated heterocycles. The molecular formula is C26H28N4O3. The topological polar surface area (TPSA) is 89.6 Å². The molecule has 3 rings (SSSR count). The van der Waals surface area contributed by atoms with Crippen LogP contribution in [0.2, 0.25) is 0 Å². The van der Waals surface area contributed by atoms with E-state index in [0.29, 0.717) is 30.8 Å². The van der Waals surface area contributed by atoms with Gasteiger partial charge < -0.3 is 19.3 Å². The van der Waals surface area contributed by atoms with Crippen LogP contribution in [0.5, 0.6) is 11.5 Å². The highest BCUT2D eigenvalue weighted by Crippen LogP contribution is 2.28. The lowest BCUT2D eigenvalue weighted by Gasteiger charge is -2.24. The van der Waals surface area contributed by atoms with Crippen LogP contribution < -0.4 is 9.64 Å². The van der Waals surface area contributed by atoms with Crippen LogP contribution in [-0.2, 0) is 4.74 Å². The first-order valence-corrected chi connectivity index (χ1v) is 10.9. The highest BCUT2D eigenvalue weighted by molar-refractivity contribution is 5.68. The molecule has 170 valence electrons. The van der Waals surface area contributed by atoms with E-state index in [1.807, 2.05) is 75.4 Å². The van der Waals surface area contributed by atoms with Gasteiger partial charge in [0.2, 0.25) is 0 Å². The van der Waals surface area contributed by atoms with Crippen molar-refractivity contribution in [2.45, 2.75) is 32.8 Å². The second kappa shape index (κ2) is 10.6. The number of amides is 1. The Kier molecular flexibility index (Phi) is 7.58. The molecule has 33 heavy (non-hydrogen) atoms. The minimum Gasteiger partial charge on any atom is -0.457 e. The highest BCUT2D eigenvalue weighted by atomic mass is 16.6. The van der Waals surface area contributed by atoms with Crippen molar-refractivity contribution in [3.05, 3.63) is 66.4 Å². The fraction of sp³-hybridized carbons (Fsp3) is 0.346. The van der Waals surface area contributed by atoms with Crippen LogP contribution in [0.1, 0.15) is 27.2 Å². The number of hydrogen-bond donors (Lipinski definition) is 0. The quantitative estimate of drug-likeness (QED) is 0.433. The summed E-state index contributed by atoms with van der Waals surface area (Å²) in [4.78, 5) is 15.7. The summed E-state index contributed by atoms with van der Waals surface area (Å²) >= 11 is 0. The van der Waals surface area contributed by atoms with Crippen molar-refractivity contribution in [2.75, 3.05) is 24.5 Å². The number of carbonyl (C=O) groups excluding carboxylic acids is 1. The molecule has 1 aliphatic rings. The number of hydrogen-bond acceptors (Lipinski definition) is 6. The molecular weight excluding hydrogens is 416 g/mol. The average Bonchev–Trinajstić information content (AvgIpc) is 3.27. The molecule has 0 aliphatic carbocycles. The Morgan fingerprint density at radius 2 is 1.79 bits per heavy atom. The highest BCUT2D eigenvalue weighted by Gasteiger charge is 2.32. The third kappa shape index (κ3) is 6.75. The lowest BCUT2D eigenvalue weighted by Crippen LogP contribution is -2.35. The normalized spacial score (nSPS) is 16.0. The van der Waals surface area contributed by atoms with E-state index in [4.69, 9.17) is 9.47 Å². The summed E-state index contributed by atoms with van der Waals surface area (Å²) in [5, 5.41) is 19.1. The Hall–Kier alpha value is -3.97. The molecule has 7 heteroatoms. The Morgan fingerprint density at radius 3 is 2.39 bits per heavy atom. The Bertz CT molecular complexity index is 1060. The van der Waals surface area contributed by atoms with Crippen LogP contribution in [0.25, 0.3) is 0 Å². The van der Waals surface area contributed by atoms with Gasteiger partial charge in [0.15, 0.2) is 0 Å². The van der Waals surface area contributed by atoms with Gasteiger partial charge in [-0.15, -0.1) is 0 Å². The lowest BCUT2D eigenvalue weighted by molar-refractivity contribution is 0.0290. The number of nitrogens with zero attached hydrogens (tertiary/aromatic N) is 4. The standard InChI is InChI=1S/C26H28N4O3/c1-26(2,3)33-25(31)30-15-13-20(18-30)21(17-28)19-29(16-14-27)22-9-11-24(12-10-22)32-23-7-5-4-6-8-23/h4-12,19-20H,13,15-16,18H2,1-3H3/b21-19+/t20-/m1/s1. The Labute approximate surface area is 195 Å². The van der Waals surface area contributed by atoms with Gasteiger partial charge in [-0.1, -0.05) is 18.2 Å². The molecule has 7 nitrogen and oxygen atoms in total. The largest absolute Gasteiger partial charge is 0.457 e. The van der Waals surface area contributed by atoms with Crippen LogP contribution in [-0.4, -0.2) is 36.2 Å². The predicted molar refractivity (Wildman–Crippen MR) is 126 cm³/mol. The van der Waals surface area contributed by atoms with Gasteiger partial charge >= 0.3 is 6.09 Å². The summed E-state index contributed by atoms with van der Waals surface area (Å²) in [6, 6.07) is 21.2. The zero-order chi connectivity index (χ0) is 23.8. The molecule has 1 heterocycles. The molecule has 1 amide bonds. The van der Waals surface area contributed by atoms with Crippen molar-refractivity contribution in [3.63, 3.8) is 0 Å². The maximum Gasteiger partial charge on any atom is 0.410 e. The van der Waals surface area contributed by atoms with Crippen LogP contribution in [0.4, 0.5) is 10.5 Å². The molecule has 1 aliphatic heterocycles. The number of para-hydroxylation sites is 1. The number of likely N-dealkylation sites (tertiary alicyclic amines) is 1. The smallest absolute Gasteiger partial charge is 0.410 e. The summed E-state index contributed by atoms with van der Waals surface area (Å²) in [7, 11) is 0. The minimum absolute atomic E-state index is 0.0899. The molecule has 0 bridgehead atoms. The monoisotopic (exact) mass is 444 g/mol. The summed E-state index contributed by atoms with van der Waals surface area (Å²) in [6.45, 7) is 6.52. The number of benzene rings is 2. The first kappa shape index (κ1) is 23.7. The van der Waals surface area contributed by atoms with Gasteiger partial charge in [-0.3, -0.25) is 0 Å². The molecule has 0 N–H and O–H groups in total. The van der Waals surface area contributed by atoms with Crippen molar-refractivity contribution >= 4 is 11.8 Å². The second-order valence-corrected chi connectivity index (χ2v) is 8.80. The van der Waals surface area contributed by atoms with Gasteiger partial charge in [-0.05, 0) is 63.6 Å². The Morgan fingerprint density at radius 1 is 1.12 bits per heavy atom.